The summed E-state index contributed by atoms with van der Waals surface area (Å²) in [5.41, 5.74) is 2.35. The monoisotopic (exact) mass is 465 g/mol. The number of guanidine groups is 1. The molecule has 1 rings (SSSR count). The van der Waals surface area contributed by atoms with Crippen LogP contribution in [-0.4, -0.2) is 53.1 Å². The third-order valence-corrected chi connectivity index (χ3v) is 3.36. The highest BCUT2D eigenvalue weighted by Crippen LogP contribution is 2.11. The van der Waals surface area contributed by atoms with E-state index in [0.29, 0.717) is 33.0 Å². The Labute approximate surface area is 168 Å². The minimum absolute atomic E-state index is 0. The molecule has 2 N–H and O–H groups in total. The molecule has 0 amide bonds. The molecule has 1 aromatic carbocycles. The molecule has 0 radical (unpaired) electrons. The van der Waals surface area contributed by atoms with Gasteiger partial charge in [0.15, 0.2) is 5.96 Å². The number of nitrogens with zero attached hydrogens (tertiary/aromatic N) is 1. The summed E-state index contributed by atoms with van der Waals surface area (Å²) in [6.45, 7) is 6.93. The van der Waals surface area contributed by atoms with Gasteiger partial charge in [-0.25, -0.2) is 4.99 Å². The van der Waals surface area contributed by atoms with Crippen LogP contribution in [-0.2, 0) is 27.4 Å². The molecule has 0 heterocycles. The molecule has 0 bridgehead atoms. The van der Waals surface area contributed by atoms with E-state index in [1.54, 1.807) is 14.2 Å². The van der Waals surface area contributed by atoms with Crippen molar-refractivity contribution < 1.29 is 14.2 Å². The van der Waals surface area contributed by atoms with Crippen molar-refractivity contribution in [1.82, 2.24) is 10.6 Å². The maximum atomic E-state index is 5.45. The Hall–Kier alpha value is -0.900. The van der Waals surface area contributed by atoms with Gasteiger partial charge in [0.25, 0.3) is 0 Å². The molecule has 0 saturated heterocycles. The number of methoxy groups -OCH3 is 2. The van der Waals surface area contributed by atoms with Gasteiger partial charge < -0.3 is 24.8 Å². The topological polar surface area (TPSA) is 64.1 Å². The van der Waals surface area contributed by atoms with E-state index < -0.39 is 0 Å². The Balaban J connectivity index is 0.00000576. The lowest BCUT2D eigenvalue weighted by Crippen LogP contribution is -2.38. The van der Waals surface area contributed by atoms with Crippen LogP contribution in [0.2, 0.25) is 0 Å². The summed E-state index contributed by atoms with van der Waals surface area (Å²) in [7, 11) is 3.38. The highest BCUT2D eigenvalue weighted by atomic mass is 127. The average molecular weight is 465 g/mol. The van der Waals surface area contributed by atoms with E-state index >= 15 is 0 Å². The number of halogens is 1. The highest BCUT2D eigenvalue weighted by Gasteiger charge is 2.02. The lowest BCUT2D eigenvalue weighted by atomic mass is 10.1. The number of hydrogen-bond acceptors (Lipinski definition) is 4. The van der Waals surface area contributed by atoms with Gasteiger partial charge in [0.2, 0.25) is 0 Å². The molecule has 1 aromatic rings. The molecule has 7 heteroatoms. The van der Waals surface area contributed by atoms with Crippen molar-refractivity contribution in [2.75, 3.05) is 47.1 Å². The zero-order valence-corrected chi connectivity index (χ0v) is 17.9. The van der Waals surface area contributed by atoms with Crippen molar-refractivity contribution >= 4 is 29.9 Å². The molecule has 0 aromatic heterocycles. The quantitative estimate of drug-likeness (QED) is 0.215. The first-order valence-corrected chi connectivity index (χ1v) is 8.46. The van der Waals surface area contributed by atoms with E-state index in [1.807, 2.05) is 12.1 Å². The number of ether oxygens (including phenoxy) is 3. The zero-order chi connectivity index (χ0) is 17.5. The fourth-order valence-corrected chi connectivity index (χ4v) is 2.14. The predicted octanol–water partition coefficient (Wildman–Crippen LogP) is 2.56. The second-order valence-electron chi connectivity index (χ2n) is 5.28. The summed E-state index contributed by atoms with van der Waals surface area (Å²) in [5, 5.41) is 6.59. The molecular weight excluding hydrogens is 433 g/mol. The predicted molar refractivity (Wildman–Crippen MR) is 113 cm³/mol. The van der Waals surface area contributed by atoms with Crippen LogP contribution >= 0.6 is 24.0 Å². The van der Waals surface area contributed by atoms with Crippen LogP contribution < -0.4 is 10.6 Å². The first-order valence-electron chi connectivity index (χ1n) is 8.46. The molecule has 25 heavy (non-hydrogen) atoms. The van der Waals surface area contributed by atoms with Gasteiger partial charge in [0.05, 0.1) is 26.4 Å². The summed E-state index contributed by atoms with van der Waals surface area (Å²) in [5.74, 6) is 0.821. The van der Waals surface area contributed by atoms with Crippen molar-refractivity contribution in [1.29, 1.82) is 0 Å². The Kier molecular flexibility index (Phi) is 16.0. The minimum Gasteiger partial charge on any atom is -0.382 e. The van der Waals surface area contributed by atoms with E-state index in [1.165, 1.54) is 11.1 Å². The molecule has 0 aliphatic rings. The van der Waals surface area contributed by atoms with Gasteiger partial charge in [-0.1, -0.05) is 24.3 Å². The van der Waals surface area contributed by atoms with Gasteiger partial charge in [-0.3, -0.25) is 0 Å². The third-order valence-electron chi connectivity index (χ3n) is 3.36. The molecule has 0 unspecified atom stereocenters. The molecule has 0 spiro atoms. The standard InChI is InChI=1S/C18H31N3O3.HI/c1-4-19-18(20-10-7-11-24-13-12-22-2)21-14-16-8-5-6-9-17(16)15-23-3;/h5-6,8-9H,4,7,10-15H2,1-3H3,(H2,19,20,21);1H. The highest BCUT2D eigenvalue weighted by molar-refractivity contribution is 14.0. The van der Waals surface area contributed by atoms with Gasteiger partial charge >= 0.3 is 0 Å². The van der Waals surface area contributed by atoms with Crippen molar-refractivity contribution in [3.05, 3.63) is 35.4 Å². The average Bonchev–Trinajstić information content (AvgIpc) is 2.60. The fourth-order valence-electron chi connectivity index (χ4n) is 2.14. The van der Waals surface area contributed by atoms with Gasteiger partial charge in [-0.05, 0) is 24.5 Å². The lowest BCUT2D eigenvalue weighted by molar-refractivity contribution is 0.0698. The van der Waals surface area contributed by atoms with Crippen LogP contribution in [0.25, 0.3) is 0 Å². The number of nitrogens with one attached hydrogen (secondary N) is 2. The maximum absolute atomic E-state index is 5.45. The Morgan fingerprint density at radius 2 is 1.76 bits per heavy atom. The van der Waals surface area contributed by atoms with Crippen molar-refractivity contribution in [3.63, 3.8) is 0 Å². The zero-order valence-electron chi connectivity index (χ0n) is 15.5. The molecule has 0 saturated carbocycles. The molecule has 0 aliphatic carbocycles. The first kappa shape index (κ1) is 24.1. The number of rotatable bonds is 12. The third kappa shape index (κ3) is 11.4. The second kappa shape index (κ2) is 16.6. The van der Waals surface area contributed by atoms with Crippen LogP contribution in [0.1, 0.15) is 24.5 Å². The van der Waals surface area contributed by atoms with Crippen LogP contribution in [0.3, 0.4) is 0 Å². The minimum atomic E-state index is 0. The summed E-state index contributed by atoms with van der Waals surface area (Å²) in [4.78, 5) is 4.65. The maximum Gasteiger partial charge on any atom is 0.191 e. The number of aliphatic imine (C=N–C) groups is 1. The van der Waals surface area contributed by atoms with Gasteiger partial charge in [0.1, 0.15) is 0 Å². The van der Waals surface area contributed by atoms with Crippen molar-refractivity contribution in [2.45, 2.75) is 26.5 Å². The van der Waals surface area contributed by atoms with Gasteiger partial charge in [-0.15, -0.1) is 24.0 Å². The lowest BCUT2D eigenvalue weighted by Gasteiger charge is -2.12. The second-order valence-corrected chi connectivity index (χ2v) is 5.28. The van der Waals surface area contributed by atoms with E-state index in [2.05, 4.69) is 34.7 Å². The molecular formula is C18H32IN3O3. The van der Waals surface area contributed by atoms with Crippen LogP contribution in [0, 0.1) is 0 Å². The summed E-state index contributed by atoms with van der Waals surface area (Å²) in [6.07, 6.45) is 0.925. The van der Waals surface area contributed by atoms with E-state index in [-0.39, 0.29) is 24.0 Å². The summed E-state index contributed by atoms with van der Waals surface area (Å²) >= 11 is 0. The fraction of sp³-hybridized carbons (Fsp3) is 0.611. The largest absolute Gasteiger partial charge is 0.382 e. The smallest absolute Gasteiger partial charge is 0.191 e. The summed E-state index contributed by atoms with van der Waals surface area (Å²) in [6, 6.07) is 8.22. The number of hydrogen-bond donors (Lipinski definition) is 2. The normalized spacial score (nSPS) is 11.1. The Bertz CT molecular complexity index is 473. The Morgan fingerprint density at radius 1 is 1.00 bits per heavy atom. The molecule has 0 aliphatic heterocycles. The van der Waals surface area contributed by atoms with E-state index in [0.717, 1.165) is 25.5 Å². The molecule has 0 fully saturated rings. The van der Waals surface area contributed by atoms with Gasteiger partial charge in [0, 0.05) is 33.9 Å². The van der Waals surface area contributed by atoms with Crippen molar-refractivity contribution in [2.24, 2.45) is 4.99 Å². The SMILES string of the molecule is CCNC(=NCc1ccccc1COC)NCCCOCCOC.I. The van der Waals surface area contributed by atoms with Crippen LogP contribution in [0.4, 0.5) is 0 Å². The Morgan fingerprint density at radius 3 is 2.44 bits per heavy atom. The van der Waals surface area contributed by atoms with Crippen molar-refractivity contribution in [3.8, 4) is 0 Å². The van der Waals surface area contributed by atoms with Gasteiger partial charge in [-0.2, -0.15) is 0 Å². The first-order chi connectivity index (χ1) is 11.8. The molecule has 0 atom stereocenters. The van der Waals surface area contributed by atoms with E-state index in [9.17, 15) is 0 Å². The van der Waals surface area contributed by atoms with E-state index in [4.69, 9.17) is 14.2 Å². The molecule has 144 valence electrons. The summed E-state index contributed by atoms with van der Waals surface area (Å²) < 4.78 is 15.6. The van der Waals surface area contributed by atoms with Crippen LogP contribution in [0.5, 0.6) is 0 Å². The van der Waals surface area contributed by atoms with Crippen LogP contribution in [0.15, 0.2) is 29.3 Å². The number of benzene rings is 1. The molecule has 6 nitrogen and oxygen atoms in total.